The van der Waals surface area contributed by atoms with Crippen LogP contribution in [-0.4, -0.2) is 0 Å². The molecule has 0 saturated heterocycles. The van der Waals surface area contributed by atoms with Crippen LogP contribution in [-0.2, 0) is 0 Å². The van der Waals surface area contributed by atoms with Gasteiger partial charge < -0.3 is 23.5 Å². The zero-order chi connectivity index (χ0) is 44.3. The van der Waals surface area contributed by atoms with Crippen LogP contribution in [0.5, 0.6) is 0 Å². The van der Waals surface area contributed by atoms with Gasteiger partial charge in [-0.1, -0.05) is 146 Å². The van der Waals surface area contributed by atoms with Gasteiger partial charge in [0.25, 0.3) is 0 Å². The maximum atomic E-state index is 6.42. The lowest BCUT2D eigenvalue weighted by molar-refractivity contribution is 0.668. The third-order valence-corrected chi connectivity index (χ3v) is 12.9. The molecule has 0 radical (unpaired) electrons. The summed E-state index contributed by atoms with van der Waals surface area (Å²) >= 11 is 0. The Morgan fingerprint density at radius 1 is 0.209 bits per heavy atom. The highest BCUT2D eigenvalue weighted by molar-refractivity contribution is 6.09. The van der Waals surface area contributed by atoms with Gasteiger partial charge in [0.1, 0.15) is 22.3 Å². The highest BCUT2D eigenvalue weighted by Gasteiger charge is 2.25. The molecule has 13 aromatic rings. The van der Waals surface area contributed by atoms with Crippen LogP contribution < -0.4 is 14.7 Å². The molecular formula is C62H41N3O2. The van der Waals surface area contributed by atoms with Gasteiger partial charge in [-0.15, -0.1) is 0 Å². The zero-order valence-corrected chi connectivity index (χ0v) is 36.3. The van der Waals surface area contributed by atoms with E-state index in [1.165, 1.54) is 10.8 Å². The fraction of sp³-hybridized carbons (Fsp3) is 0. The normalized spacial score (nSPS) is 11.6. The molecule has 2 aromatic heterocycles. The van der Waals surface area contributed by atoms with Crippen LogP contribution in [0.25, 0.3) is 65.4 Å². The minimum atomic E-state index is 0.841. The number of hydrogen-bond acceptors (Lipinski definition) is 5. The van der Waals surface area contributed by atoms with E-state index in [1.54, 1.807) is 0 Å². The molecule has 11 aromatic carbocycles. The topological polar surface area (TPSA) is 36.0 Å². The van der Waals surface area contributed by atoms with Gasteiger partial charge in [-0.05, 0) is 114 Å². The van der Waals surface area contributed by atoms with Crippen molar-refractivity contribution in [3.63, 3.8) is 0 Å². The Kier molecular flexibility index (Phi) is 9.10. The summed E-state index contributed by atoms with van der Waals surface area (Å²) in [6, 6.07) is 88.5. The van der Waals surface area contributed by atoms with Crippen molar-refractivity contribution in [3.8, 4) is 0 Å². The molecule has 5 nitrogen and oxygen atoms in total. The third kappa shape index (κ3) is 6.64. The molecule has 0 aliphatic carbocycles. The lowest BCUT2D eigenvalue weighted by atomic mass is 10.0. The average molecular weight is 860 g/mol. The van der Waals surface area contributed by atoms with Crippen LogP contribution in [0.3, 0.4) is 0 Å². The summed E-state index contributed by atoms with van der Waals surface area (Å²) in [6.07, 6.45) is 0. The molecule has 2 heterocycles. The standard InChI is InChI=1S/C62H41N3O2/c1-3-21-44(22-4-1)64(57-29-15-19-42-17-7-9-25-51(42)57)49-37-48(38-50(39-49)65(45-23-5-2-6-24-45)58-30-16-20-43-18-8-10-26-52(43)58)63(46-33-35-61-55(40-46)53-27-11-13-31-59(53)66-61)47-34-36-62-56(41-47)54-28-12-14-32-60(54)67-62/h1-41H. The second-order valence-electron chi connectivity index (χ2n) is 16.9. The molecule has 0 atom stereocenters. The first-order valence-electron chi connectivity index (χ1n) is 22.7. The van der Waals surface area contributed by atoms with Crippen molar-refractivity contribution in [1.82, 2.24) is 0 Å². The van der Waals surface area contributed by atoms with Crippen molar-refractivity contribution in [2.24, 2.45) is 0 Å². The number of para-hydroxylation sites is 4. The van der Waals surface area contributed by atoms with Gasteiger partial charge in [-0.3, -0.25) is 0 Å². The fourth-order valence-electron chi connectivity index (χ4n) is 9.94. The molecule has 13 rings (SSSR count). The summed E-state index contributed by atoms with van der Waals surface area (Å²) in [5, 5.41) is 8.89. The van der Waals surface area contributed by atoms with E-state index in [1.807, 2.05) is 24.3 Å². The molecule has 0 unspecified atom stereocenters. The maximum absolute atomic E-state index is 6.42. The predicted octanol–water partition coefficient (Wildman–Crippen LogP) is 18.2. The summed E-state index contributed by atoms with van der Waals surface area (Å²) in [7, 11) is 0. The summed E-state index contributed by atoms with van der Waals surface area (Å²) < 4.78 is 12.8. The number of nitrogens with zero attached hydrogens (tertiary/aromatic N) is 3. The molecule has 67 heavy (non-hydrogen) atoms. The van der Waals surface area contributed by atoms with Gasteiger partial charge >= 0.3 is 0 Å². The monoisotopic (exact) mass is 859 g/mol. The van der Waals surface area contributed by atoms with Gasteiger partial charge in [0, 0.05) is 55.1 Å². The summed E-state index contributed by atoms with van der Waals surface area (Å²) in [6.45, 7) is 0. The quantitative estimate of drug-likeness (QED) is 0.144. The SMILES string of the molecule is c1ccc(N(c2cc(N(c3ccc4oc5ccccc5c4c3)c3ccc4oc5ccccc5c4c3)cc(N(c3ccccc3)c3cccc4ccccc34)c2)c2cccc3ccccc23)cc1. The number of furan rings is 2. The van der Waals surface area contributed by atoms with E-state index >= 15 is 0 Å². The Morgan fingerprint density at radius 3 is 1.03 bits per heavy atom. The third-order valence-electron chi connectivity index (χ3n) is 12.9. The Labute approximate surface area is 387 Å². The van der Waals surface area contributed by atoms with E-state index in [9.17, 15) is 0 Å². The second-order valence-corrected chi connectivity index (χ2v) is 16.9. The second kappa shape index (κ2) is 15.9. The minimum absolute atomic E-state index is 0.841. The van der Waals surface area contributed by atoms with Crippen molar-refractivity contribution >= 4 is 117 Å². The number of fused-ring (bicyclic) bond motifs is 8. The first kappa shape index (κ1) is 38.4. The molecule has 0 bridgehead atoms. The predicted molar refractivity (Wildman–Crippen MR) is 280 cm³/mol. The number of benzene rings is 11. The molecule has 0 N–H and O–H groups in total. The smallest absolute Gasteiger partial charge is 0.135 e. The van der Waals surface area contributed by atoms with Crippen molar-refractivity contribution in [1.29, 1.82) is 0 Å². The molecule has 0 saturated carbocycles. The lowest BCUT2D eigenvalue weighted by Crippen LogP contribution is -2.16. The summed E-state index contributed by atoms with van der Waals surface area (Å²) in [5.74, 6) is 0. The van der Waals surface area contributed by atoms with E-state index in [4.69, 9.17) is 8.83 Å². The zero-order valence-electron chi connectivity index (χ0n) is 36.3. The molecule has 0 aliphatic rings. The van der Waals surface area contributed by atoms with E-state index in [0.717, 1.165) is 106 Å². The van der Waals surface area contributed by atoms with Gasteiger partial charge in [0.2, 0.25) is 0 Å². The van der Waals surface area contributed by atoms with Crippen molar-refractivity contribution < 1.29 is 8.83 Å². The molecule has 0 aliphatic heterocycles. The average Bonchev–Trinajstić information content (AvgIpc) is 3.95. The highest BCUT2D eigenvalue weighted by atomic mass is 16.3. The van der Waals surface area contributed by atoms with Gasteiger partial charge in [0.15, 0.2) is 0 Å². The molecule has 316 valence electrons. The van der Waals surface area contributed by atoms with Crippen LogP contribution in [0.15, 0.2) is 258 Å². The number of rotatable bonds is 9. The van der Waals surface area contributed by atoms with E-state index in [0.29, 0.717) is 0 Å². The van der Waals surface area contributed by atoms with Crippen molar-refractivity contribution in [2.75, 3.05) is 14.7 Å². The van der Waals surface area contributed by atoms with Crippen LogP contribution in [0.4, 0.5) is 51.2 Å². The Balaban J connectivity index is 1.14. The van der Waals surface area contributed by atoms with Crippen molar-refractivity contribution in [3.05, 3.63) is 249 Å². The number of hydrogen-bond donors (Lipinski definition) is 0. The first-order chi connectivity index (χ1) is 33.2. The van der Waals surface area contributed by atoms with Crippen LogP contribution in [0, 0.1) is 0 Å². The van der Waals surface area contributed by atoms with Crippen LogP contribution in [0.2, 0.25) is 0 Å². The van der Waals surface area contributed by atoms with Gasteiger partial charge in [-0.2, -0.15) is 0 Å². The van der Waals surface area contributed by atoms with E-state index < -0.39 is 0 Å². The van der Waals surface area contributed by atoms with E-state index in [2.05, 4.69) is 239 Å². The number of anilines is 9. The Morgan fingerprint density at radius 2 is 0.567 bits per heavy atom. The van der Waals surface area contributed by atoms with E-state index in [-0.39, 0.29) is 0 Å². The summed E-state index contributed by atoms with van der Waals surface area (Å²) in [5.41, 5.74) is 12.6. The Hall–Kier alpha value is -9.06. The highest BCUT2D eigenvalue weighted by Crippen LogP contribution is 2.49. The van der Waals surface area contributed by atoms with Crippen LogP contribution in [0.1, 0.15) is 0 Å². The maximum Gasteiger partial charge on any atom is 0.135 e. The largest absolute Gasteiger partial charge is 0.456 e. The fourth-order valence-corrected chi connectivity index (χ4v) is 9.94. The molecular weight excluding hydrogens is 819 g/mol. The van der Waals surface area contributed by atoms with Crippen LogP contribution >= 0.6 is 0 Å². The molecule has 0 fully saturated rings. The Bertz CT molecular complexity index is 3700. The molecule has 0 spiro atoms. The van der Waals surface area contributed by atoms with Gasteiger partial charge in [-0.25, -0.2) is 0 Å². The van der Waals surface area contributed by atoms with Crippen molar-refractivity contribution in [2.45, 2.75) is 0 Å². The first-order valence-corrected chi connectivity index (χ1v) is 22.7. The minimum Gasteiger partial charge on any atom is -0.456 e. The lowest BCUT2D eigenvalue weighted by Gasteiger charge is -2.33. The summed E-state index contributed by atoms with van der Waals surface area (Å²) in [4.78, 5) is 7.19. The molecule has 0 amide bonds. The molecule has 5 heteroatoms. The van der Waals surface area contributed by atoms with Gasteiger partial charge in [0.05, 0.1) is 28.4 Å².